The molecule has 10 heteroatoms. The van der Waals surface area contributed by atoms with Crippen LogP contribution in [0.4, 0.5) is 13.2 Å². The molecule has 0 fully saturated rings. The number of nitriles is 1. The van der Waals surface area contributed by atoms with Crippen LogP contribution >= 0.6 is 11.3 Å². The fourth-order valence-electron chi connectivity index (χ4n) is 1.48. The van der Waals surface area contributed by atoms with Crippen molar-refractivity contribution in [2.75, 3.05) is 0 Å². The monoisotopic (exact) mass is 326 g/mol. The number of amides is 2. The number of rotatable bonds is 2. The highest BCUT2D eigenvalue weighted by atomic mass is 32.1. The number of nitrogens with one attached hydrogen (secondary N) is 1. The highest BCUT2D eigenvalue weighted by Crippen LogP contribution is 2.31. The van der Waals surface area contributed by atoms with Gasteiger partial charge in [-0.2, -0.15) is 18.4 Å². The summed E-state index contributed by atoms with van der Waals surface area (Å²) in [4.78, 5) is 30.7. The summed E-state index contributed by atoms with van der Waals surface area (Å²) in [6, 6.07) is 2.38. The van der Waals surface area contributed by atoms with E-state index in [1.54, 1.807) is 11.4 Å². The molecule has 1 N–H and O–H groups in total. The molecule has 0 saturated carbocycles. The lowest BCUT2D eigenvalue weighted by molar-refractivity contribution is -0.138. The minimum Gasteiger partial charge on any atom is -0.286 e. The minimum atomic E-state index is -4.76. The Morgan fingerprint density at radius 1 is 1.27 bits per heavy atom. The first-order chi connectivity index (χ1) is 10.3. The molecule has 6 nitrogen and oxygen atoms in total. The summed E-state index contributed by atoms with van der Waals surface area (Å²) in [5.41, 5.74) is -1.98. The number of alkyl halides is 3. The second kappa shape index (κ2) is 5.90. The molecule has 2 rings (SSSR count). The van der Waals surface area contributed by atoms with Crippen molar-refractivity contribution in [1.82, 2.24) is 15.3 Å². The van der Waals surface area contributed by atoms with E-state index in [0.717, 1.165) is 12.4 Å². The molecule has 0 spiro atoms. The number of aromatic nitrogens is 2. The Bertz CT molecular complexity index is 779. The topological polar surface area (TPSA) is 95.7 Å². The number of halogens is 3. The van der Waals surface area contributed by atoms with Crippen LogP contribution in [0.25, 0.3) is 0 Å². The molecule has 0 aliphatic rings. The van der Waals surface area contributed by atoms with Crippen molar-refractivity contribution >= 4 is 23.2 Å². The van der Waals surface area contributed by atoms with Crippen LogP contribution < -0.4 is 5.32 Å². The van der Waals surface area contributed by atoms with E-state index in [1.807, 2.05) is 0 Å². The molecule has 2 heterocycles. The zero-order valence-electron chi connectivity index (χ0n) is 10.5. The first-order valence-electron chi connectivity index (χ1n) is 5.55. The Morgan fingerprint density at radius 3 is 2.59 bits per heavy atom. The predicted octanol–water partition coefficient (Wildman–Crippen LogP) is 2.00. The molecule has 0 radical (unpaired) electrons. The number of imide groups is 1. The van der Waals surface area contributed by atoms with Gasteiger partial charge in [-0.25, -0.2) is 4.98 Å². The van der Waals surface area contributed by atoms with E-state index in [1.165, 1.54) is 0 Å². The smallest absolute Gasteiger partial charge is 0.286 e. The first kappa shape index (κ1) is 15.6. The molecule has 0 unspecified atom stereocenters. The van der Waals surface area contributed by atoms with E-state index in [9.17, 15) is 22.8 Å². The van der Waals surface area contributed by atoms with E-state index >= 15 is 0 Å². The van der Waals surface area contributed by atoms with Gasteiger partial charge >= 0.3 is 6.18 Å². The molecule has 2 aromatic rings. The quantitative estimate of drug-likeness (QED) is 0.852. The molecule has 0 aromatic carbocycles. The molecule has 0 saturated heterocycles. The van der Waals surface area contributed by atoms with Crippen LogP contribution in [-0.4, -0.2) is 21.8 Å². The standard InChI is InChI=1S/C12H5F3N4O2S/c13-12(14,15)8-1-2-17-5-7(8)9(20)19-10(21)11-18-4-6(3-16)22-11/h1-2,4-5H,(H,19,20,21). The summed E-state index contributed by atoms with van der Waals surface area (Å²) in [5.74, 6) is -2.24. The molecule has 0 aliphatic carbocycles. The molecule has 112 valence electrons. The summed E-state index contributed by atoms with van der Waals surface area (Å²) < 4.78 is 38.3. The maximum Gasteiger partial charge on any atom is 0.417 e. The summed E-state index contributed by atoms with van der Waals surface area (Å²) in [6.45, 7) is 0. The summed E-state index contributed by atoms with van der Waals surface area (Å²) in [7, 11) is 0. The van der Waals surface area contributed by atoms with E-state index in [-0.39, 0.29) is 9.88 Å². The van der Waals surface area contributed by atoms with Gasteiger partial charge in [0, 0.05) is 12.4 Å². The Kier molecular flexibility index (Phi) is 4.18. The average molecular weight is 326 g/mol. The fraction of sp³-hybridized carbons (Fsp3) is 0.0833. The van der Waals surface area contributed by atoms with Crippen molar-refractivity contribution in [1.29, 1.82) is 5.26 Å². The Hall–Kier alpha value is -2.80. The third-order valence-electron chi connectivity index (χ3n) is 2.41. The number of nitrogens with zero attached hydrogens (tertiary/aromatic N) is 3. The zero-order valence-corrected chi connectivity index (χ0v) is 11.3. The van der Waals surface area contributed by atoms with Crippen molar-refractivity contribution in [3.8, 4) is 6.07 Å². The highest BCUT2D eigenvalue weighted by molar-refractivity contribution is 7.14. The van der Waals surface area contributed by atoms with Crippen LogP contribution in [-0.2, 0) is 6.18 Å². The van der Waals surface area contributed by atoms with Crippen molar-refractivity contribution in [2.24, 2.45) is 0 Å². The van der Waals surface area contributed by atoms with Gasteiger partial charge in [0.05, 0.1) is 17.3 Å². The first-order valence-corrected chi connectivity index (χ1v) is 6.37. The van der Waals surface area contributed by atoms with E-state index in [2.05, 4.69) is 9.97 Å². The number of carbonyl (C=O) groups is 2. The second-order valence-corrected chi connectivity index (χ2v) is 4.87. The van der Waals surface area contributed by atoms with Crippen LogP contribution in [0.5, 0.6) is 0 Å². The molecule has 0 atom stereocenters. The molecule has 2 amide bonds. The lowest BCUT2D eigenvalue weighted by Gasteiger charge is -2.11. The van der Waals surface area contributed by atoms with Crippen molar-refractivity contribution in [2.45, 2.75) is 6.18 Å². The largest absolute Gasteiger partial charge is 0.417 e. The summed E-state index contributed by atoms with van der Waals surface area (Å²) in [6.07, 6.45) is -2.03. The maximum absolute atomic E-state index is 12.8. The SMILES string of the molecule is N#Cc1cnc(C(=O)NC(=O)c2cnccc2C(F)(F)F)s1. The molecule has 2 aromatic heterocycles. The third-order valence-corrected chi connectivity index (χ3v) is 3.31. The zero-order chi connectivity index (χ0) is 16.3. The molecule has 22 heavy (non-hydrogen) atoms. The Balaban J connectivity index is 2.23. The van der Waals surface area contributed by atoms with Gasteiger partial charge in [-0.1, -0.05) is 11.3 Å². The van der Waals surface area contributed by atoms with Crippen molar-refractivity contribution in [3.05, 3.63) is 45.7 Å². The lowest BCUT2D eigenvalue weighted by Crippen LogP contribution is -2.32. The summed E-state index contributed by atoms with van der Waals surface area (Å²) in [5, 5.41) is 10.2. The molecule has 0 bridgehead atoms. The van der Waals surface area contributed by atoms with E-state index in [4.69, 9.17) is 5.26 Å². The highest BCUT2D eigenvalue weighted by Gasteiger charge is 2.35. The van der Waals surface area contributed by atoms with Crippen LogP contribution in [0.1, 0.15) is 30.6 Å². The molecular weight excluding hydrogens is 321 g/mol. The average Bonchev–Trinajstić information content (AvgIpc) is 2.95. The number of hydrogen-bond acceptors (Lipinski definition) is 6. The predicted molar refractivity (Wildman–Crippen MR) is 67.9 cm³/mol. The Labute approximate surface area is 125 Å². The van der Waals surface area contributed by atoms with Crippen LogP contribution in [0, 0.1) is 11.3 Å². The second-order valence-electron chi connectivity index (χ2n) is 3.84. The van der Waals surface area contributed by atoms with Gasteiger partial charge in [0.15, 0.2) is 5.01 Å². The van der Waals surface area contributed by atoms with Crippen LogP contribution in [0.3, 0.4) is 0 Å². The third kappa shape index (κ3) is 3.26. The fourth-order valence-corrected chi connectivity index (χ4v) is 2.09. The van der Waals surface area contributed by atoms with Crippen molar-refractivity contribution in [3.63, 3.8) is 0 Å². The number of pyridine rings is 1. The lowest BCUT2D eigenvalue weighted by atomic mass is 10.1. The van der Waals surface area contributed by atoms with Crippen LogP contribution in [0.2, 0.25) is 0 Å². The van der Waals surface area contributed by atoms with Gasteiger partial charge in [0.1, 0.15) is 10.9 Å². The number of hydrogen-bond donors (Lipinski definition) is 1. The van der Waals surface area contributed by atoms with Gasteiger partial charge in [-0.05, 0) is 6.07 Å². The van der Waals surface area contributed by atoms with E-state index < -0.39 is 29.1 Å². The van der Waals surface area contributed by atoms with E-state index in [0.29, 0.717) is 23.6 Å². The normalized spacial score (nSPS) is 10.8. The number of carbonyl (C=O) groups excluding carboxylic acids is 2. The molecular formula is C12H5F3N4O2S. The van der Waals surface area contributed by atoms with Gasteiger partial charge in [-0.3, -0.25) is 19.9 Å². The van der Waals surface area contributed by atoms with Gasteiger partial charge < -0.3 is 0 Å². The Morgan fingerprint density at radius 2 is 2.00 bits per heavy atom. The van der Waals surface area contributed by atoms with Crippen LogP contribution in [0.15, 0.2) is 24.7 Å². The molecule has 0 aliphatic heterocycles. The minimum absolute atomic E-state index is 0.134. The van der Waals surface area contributed by atoms with Gasteiger partial charge in [0.2, 0.25) is 0 Å². The summed E-state index contributed by atoms with van der Waals surface area (Å²) >= 11 is 0.714. The van der Waals surface area contributed by atoms with Crippen molar-refractivity contribution < 1.29 is 22.8 Å². The number of thiazole rings is 1. The maximum atomic E-state index is 12.8. The van der Waals surface area contributed by atoms with Gasteiger partial charge in [0.25, 0.3) is 11.8 Å². The van der Waals surface area contributed by atoms with Gasteiger partial charge in [-0.15, -0.1) is 0 Å².